The van der Waals surface area contributed by atoms with Crippen LogP contribution < -0.4 is 0 Å². The number of hydrogen-bond donors (Lipinski definition) is 1. The summed E-state index contributed by atoms with van der Waals surface area (Å²) in [5, 5.41) is 10.5. The molecule has 2 nitrogen and oxygen atoms in total. The summed E-state index contributed by atoms with van der Waals surface area (Å²) in [5.74, 6) is 0.859. The Morgan fingerprint density at radius 1 is 0.933 bits per heavy atom. The van der Waals surface area contributed by atoms with Crippen molar-refractivity contribution in [3.8, 4) is 0 Å². The van der Waals surface area contributed by atoms with Gasteiger partial charge in [-0.05, 0) is 12.3 Å². The van der Waals surface area contributed by atoms with Crippen LogP contribution in [0.1, 0.15) is 64.2 Å². The van der Waals surface area contributed by atoms with Crippen molar-refractivity contribution < 1.29 is 5.21 Å². The molecule has 1 aliphatic carbocycles. The van der Waals surface area contributed by atoms with E-state index in [4.69, 9.17) is 5.21 Å². The first-order chi connectivity index (χ1) is 7.29. The van der Waals surface area contributed by atoms with Gasteiger partial charge in [0.1, 0.15) is 0 Å². The van der Waals surface area contributed by atoms with Gasteiger partial charge in [-0.15, -0.1) is 0 Å². The molecule has 0 radical (unpaired) electrons. The maximum Gasteiger partial charge on any atom is 0.0237 e. The summed E-state index contributed by atoms with van der Waals surface area (Å²) >= 11 is 0. The fourth-order valence-electron chi connectivity index (χ4n) is 2.55. The summed E-state index contributed by atoms with van der Waals surface area (Å²) in [7, 11) is 1.75. The Labute approximate surface area is 94.6 Å². The standard InChI is InChI=1S/C13H27NO/c1-14(15)12-11-13-9-7-5-3-2-4-6-8-10-13/h13,15H,2-12H2,1H3. The molecule has 0 amide bonds. The molecule has 90 valence electrons. The van der Waals surface area contributed by atoms with Gasteiger partial charge in [-0.25, -0.2) is 0 Å². The monoisotopic (exact) mass is 213 g/mol. The van der Waals surface area contributed by atoms with Gasteiger partial charge in [0.2, 0.25) is 0 Å². The average molecular weight is 213 g/mol. The van der Waals surface area contributed by atoms with E-state index < -0.39 is 0 Å². The first kappa shape index (κ1) is 13.0. The van der Waals surface area contributed by atoms with Crippen LogP contribution in [-0.4, -0.2) is 23.9 Å². The van der Waals surface area contributed by atoms with E-state index in [1.165, 1.54) is 69.3 Å². The number of hydroxylamine groups is 2. The van der Waals surface area contributed by atoms with Gasteiger partial charge < -0.3 is 5.21 Å². The highest BCUT2D eigenvalue weighted by Crippen LogP contribution is 2.23. The highest BCUT2D eigenvalue weighted by Gasteiger charge is 2.10. The Bertz CT molecular complexity index is 137. The van der Waals surface area contributed by atoms with Gasteiger partial charge in [-0.3, -0.25) is 0 Å². The van der Waals surface area contributed by atoms with E-state index in [-0.39, 0.29) is 0 Å². The second-order valence-electron chi connectivity index (χ2n) is 5.09. The molecule has 0 heterocycles. The lowest BCUT2D eigenvalue weighted by molar-refractivity contribution is -0.0685. The van der Waals surface area contributed by atoms with Crippen LogP contribution in [-0.2, 0) is 0 Å². The molecule has 0 aliphatic heterocycles. The smallest absolute Gasteiger partial charge is 0.0237 e. The largest absolute Gasteiger partial charge is 0.314 e. The van der Waals surface area contributed by atoms with E-state index in [1.54, 1.807) is 7.05 Å². The van der Waals surface area contributed by atoms with Gasteiger partial charge in [-0.2, -0.15) is 5.06 Å². The van der Waals surface area contributed by atoms with Crippen molar-refractivity contribution in [3.05, 3.63) is 0 Å². The molecule has 0 spiro atoms. The van der Waals surface area contributed by atoms with Crippen LogP contribution in [0.25, 0.3) is 0 Å². The Hall–Kier alpha value is -0.0800. The van der Waals surface area contributed by atoms with Crippen LogP contribution in [0.15, 0.2) is 0 Å². The molecule has 15 heavy (non-hydrogen) atoms. The second-order valence-corrected chi connectivity index (χ2v) is 5.09. The molecular weight excluding hydrogens is 186 g/mol. The second kappa shape index (κ2) is 8.12. The van der Waals surface area contributed by atoms with Crippen LogP contribution in [0.2, 0.25) is 0 Å². The van der Waals surface area contributed by atoms with Gasteiger partial charge in [0.15, 0.2) is 0 Å². The number of rotatable bonds is 3. The maximum atomic E-state index is 9.14. The van der Waals surface area contributed by atoms with Crippen molar-refractivity contribution in [1.29, 1.82) is 0 Å². The fraction of sp³-hybridized carbons (Fsp3) is 1.00. The Morgan fingerprint density at radius 3 is 1.87 bits per heavy atom. The average Bonchev–Trinajstić information content (AvgIpc) is 2.23. The summed E-state index contributed by atoms with van der Waals surface area (Å²) in [6, 6.07) is 0. The normalized spacial score (nSPS) is 21.8. The number of nitrogens with zero attached hydrogens (tertiary/aromatic N) is 1. The SMILES string of the molecule is CN(O)CCC1CCCCCCCCC1. The quantitative estimate of drug-likeness (QED) is 0.720. The van der Waals surface area contributed by atoms with Crippen LogP contribution in [0.4, 0.5) is 0 Å². The minimum Gasteiger partial charge on any atom is -0.314 e. The predicted molar refractivity (Wildman–Crippen MR) is 64.1 cm³/mol. The summed E-state index contributed by atoms with van der Waals surface area (Å²) < 4.78 is 0. The van der Waals surface area contributed by atoms with Crippen molar-refractivity contribution in [1.82, 2.24) is 5.06 Å². The minimum atomic E-state index is 0.838. The molecule has 0 bridgehead atoms. The first-order valence-electron chi connectivity index (χ1n) is 6.69. The third-order valence-electron chi connectivity index (χ3n) is 3.59. The van der Waals surface area contributed by atoms with Gasteiger partial charge in [0.05, 0.1) is 0 Å². The van der Waals surface area contributed by atoms with Crippen molar-refractivity contribution in [2.45, 2.75) is 64.2 Å². The van der Waals surface area contributed by atoms with Crippen LogP contribution in [0.5, 0.6) is 0 Å². The fourth-order valence-corrected chi connectivity index (χ4v) is 2.55. The predicted octanol–water partition coefficient (Wildman–Crippen LogP) is 3.84. The van der Waals surface area contributed by atoms with Crippen LogP contribution >= 0.6 is 0 Å². The zero-order valence-corrected chi connectivity index (χ0v) is 10.2. The third kappa shape index (κ3) is 6.91. The van der Waals surface area contributed by atoms with Crippen molar-refractivity contribution in [2.24, 2.45) is 5.92 Å². The van der Waals surface area contributed by atoms with E-state index in [0.29, 0.717) is 0 Å². The summed E-state index contributed by atoms with van der Waals surface area (Å²) in [6.07, 6.45) is 13.9. The lowest BCUT2D eigenvalue weighted by atomic mass is 9.90. The van der Waals surface area contributed by atoms with E-state index in [0.717, 1.165) is 12.5 Å². The van der Waals surface area contributed by atoms with Crippen molar-refractivity contribution >= 4 is 0 Å². The molecule has 0 aromatic carbocycles. The van der Waals surface area contributed by atoms with Gasteiger partial charge in [0, 0.05) is 13.6 Å². The van der Waals surface area contributed by atoms with Crippen molar-refractivity contribution in [3.63, 3.8) is 0 Å². The summed E-state index contributed by atoms with van der Waals surface area (Å²) in [4.78, 5) is 0. The molecule has 0 saturated heterocycles. The molecule has 0 aromatic heterocycles. The molecule has 0 unspecified atom stereocenters. The van der Waals surface area contributed by atoms with E-state index in [9.17, 15) is 0 Å². The van der Waals surface area contributed by atoms with Crippen molar-refractivity contribution in [2.75, 3.05) is 13.6 Å². The maximum absolute atomic E-state index is 9.14. The lowest BCUT2D eigenvalue weighted by Crippen LogP contribution is -2.17. The van der Waals surface area contributed by atoms with Gasteiger partial charge >= 0.3 is 0 Å². The number of hydrogen-bond acceptors (Lipinski definition) is 2. The zero-order chi connectivity index (χ0) is 10.9. The molecule has 2 heteroatoms. The molecule has 0 atom stereocenters. The highest BCUT2D eigenvalue weighted by molar-refractivity contribution is 4.63. The molecule has 1 aliphatic rings. The topological polar surface area (TPSA) is 23.5 Å². The molecule has 0 aromatic rings. The van der Waals surface area contributed by atoms with E-state index in [1.807, 2.05) is 0 Å². The molecule has 1 fully saturated rings. The van der Waals surface area contributed by atoms with E-state index in [2.05, 4.69) is 0 Å². The molecule has 1 rings (SSSR count). The lowest BCUT2D eigenvalue weighted by Gasteiger charge is -2.19. The molecular formula is C13H27NO. The summed E-state index contributed by atoms with van der Waals surface area (Å²) in [6.45, 7) is 0.838. The zero-order valence-electron chi connectivity index (χ0n) is 10.2. The molecule has 1 saturated carbocycles. The third-order valence-corrected chi connectivity index (χ3v) is 3.59. The van der Waals surface area contributed by atoms with Gasteiger partial charge in [-0.1, -0.05) is 57.8 Å². The first-order valence-corrected chi connectivity index (χ1v) is 6.69. The Balaban J connectivity index is 2.19. The summed E-state index contributed by atoms with van der Waals surface area (Å²) in [5.41, 5.74) is 0. The minimum absolute atomic E-state index is 0.838. The van der Waals surface area contributed by atoms with E-state index >= 15 is 0 Å². The molecule has 1 N–H and O–H groups in total. The Kier molecular flexibility index (Phi) is 7.03. The highest BCUT2D eigenvalue weighted by atomic mass is 16.5. The van der Waals surface area contributed by atoms with Gasteiger partial charge in [0.25, 0.3) is 0 Å². The van der Waals surface area contributed by atoms with Crippen LogP contribution in [0.3, 0.4) is 0 Å². The van der Waals surface area contributed by atoms with Crippen LogP contribution in [0, 0.1) is 5.92 Å². The Morgan fingerprint density at radius 2 is 1.40 bits per heavy atom.